The summed E-state index contributed by atoms with van der Waals surface area (Å²) in [4.78, 5) is 0. The van der Waals surface area contributed by atoms with Crippen molar-refractivity contribution < 1.29 is 9.47 Å². The third kappa shape index (κ3) is 3.66. The molecule has 0 aliphatic carbocycles. The van der Waals surface area contributed by atoms with E-state index in [4.69, 9.17) is 9.47 Å². The maximum Gasteiger partial charge on any atom is 0.168 e. The molecule has 0 atom stereocenters. The molecule has 2 nitrogen and oxygen atoms in total. The smallest absolute Gasteiger partial charge is 0.168 e. The standard InChI is InChI=1S/C18H24O2/c1-3-5-13-19-17-12-11-15-9-7-8-10-16(15)18(17)20-14-6-4-2/h7-12H,3-6,13-14H2,1-2H3. The van der Waals surface area contributed by atoms with E-state index in [1.54, 1.807) is 0 Å². The highest BCUT2D eigenvalue weighted by atomic mass is 16.5. The van der Waals surface area contributed by atoms with Crippen LogP contribution in [0, 0.1) is 0 Å². The average Bonchev–Trinajstić information content (AvgIpc) is 2.49. The maximum absolute atomic E-state index is 6.00. The lowest BCUT2D eigenvalue weighted by molar-refractivity contribution is 0.264. The Morgan fingerprint density at radius 3 is 2.25 bits per heavy atom. The van der Waals surface area contributed by atoms with Crippen LogP contribution in [0.4, 0.5) is 0 Å². The van der Waals surface area contributed by atoms with Gasteiger partial charge in [0, 0.05) is 5.39 Å². The number of benzene rings is 2. The lowest BCUT2D eigenvalue weighted by Gasteiger charge is -2.15. The molecule has 0 N–H and O–H groups in total. The Hall–Kier alpha value is -1.70. The van der Waals surface area contributed by atoms with Crippen LogP contribution in [0.5, 0.6) is 11.5 Å². The van der Waals surface area contributed by atoms with Gasteiger partial charge >= 0.3 is 0 Å². The van der Waals surface area contributed by atoms with Crippen molar-refractivity contribution >= 4 is 10.8 Å². The minimum absolute atomic E-state index is 0.745. The van der Waals surface area contributed by atoms with Gasteiger partial charge < -0.3 is 9.47 Å². The van der Waals surface area contributed by atoms with Crippen molar-refractivity contribution in [3.05, 3.63) is 36.4 Å². The van der Waals surface area contributed by atoms with E-state index < -0.39 is 0 Å². The summed E-state index contributed by atoms with van der Waals surface area (Å²) in [5, 5.41) is 2.33. The SMILES string of the molecule is CCCCOc1ccc2ccccc2c1OCCCC. The minimum atomic E-state index is 0.745. The van der Waals surface area contributed by atoms with E-state index in [1.165, 1.54) is 5.39 Å². The summed E-state index contributed by atoms with van der Waals surface area (Å²) in [7, 11) is 0. The molecule has 2 rings (SSSR count). The van der Waals surface area contributed by atoms with Crippen molar-refractivity contribution in [2.24, 2.45) is 0 Å². The van der Waals surface area contributed by atoms with Crippen molar-refractivity contribution in [1.29, 1.82) is 0 Å². The van der Waals surface area contributed by atoms with E-state index in [9.17, 15) is 0 Å². The lowest BCUT2D eigenvalue weighted by atomic mass is 10.1. The molecule has 0 aromatic heterocycles. The topological polar surface area (TPSA) is 18.5 Å². The van der Waals surface area contributed by atoms with Crippen molar-refractivity contribution in [1.82, 2.24) is 0 Å². The Kier molecular flexibility index (Phi) is 5.72. The van der Waals surface area contributed by atoms with Gasteiger partial charge in [0.05, 0.1) is 13.2 Å². The van der Waals surface area contributed by atoms with Crippen LogP contribution in [0.15, 0.2) is 36.4 Å². The number of hydrogen-bond donors (Lipinski definition) is 0. The molecule has 2 aromatic carbocycles. The first-order valence-electron chi connectivity index (χ1n) is 7.64. The molecule has 2 aromatic rings. The van der Waals surface area contributed by atoms with Gasteiger partial charge in [-0.05, 0) is 24.3 Å². The molecule has 20 heavy (non-hydrogen) atoms. The number of ether oxygens (including phenoxy) is 2. The summed E-state index contributed by atoms with van der Waals surface area (Å²) in [5.74, 6) is 1.76. The molecule has 108 valence electrons. The molecule has 0 amide bonds. The van der Waals surface area contributed by atoms with Gasteiger partial charge in [-0.3, -0.25) is 0 Å². The number of unbranched alkanes of at least 4 members (excludes halogenated alkanes) is 2. The molecule has 0 aliphatic heterocycles. The van der Waals surface area contributed by atoms with Gasteiger partial charge in [-0.15, -0.1) is 0 Å². The van der Waals surface area contributed by atoms with Crippen LogP contribution in [0.2, 0.25) is 0 Å². The molecule has 0 aliphatic rings. The molecule has 2 heteroatoms. The predicted octanol–water partition coefficient (Wildman–Crippen LogP) is 5.20. The zero-order valence-electron chi connectivity index (χ0n) is 12.5. The van der Waals surface area contributed by atoms with Crippen LogP contribution in [-0.2, 0) is 0 Å². The van der Waals surface area contributed by atoms with E-state index >= 15 is 0 Å². The quantitative estimate of drug-likeness (QED) is 0.615. The van der Waals surface area contributed by atoms with Crippen LogP contribution >= 0.6 is 0 Å². The minimum Gasteiger partial charge on any atom is -0.490 e. The van der Waals surface area contributed by atoms with Crippen LogP contribution in [0.1, 0.15) is 39.5 Å². The van der Waals surface area contributed by atoms with Crippen LogP contribution < -0.4 is 9.47 Å². The van der Waals surface area contributed by atoms with E-state index in [0.29, 0.717) is 0 Å². The molecular formula is C18H24O2. The van der Waals surface area contributed by atoms with E-state index in [0.717, 1.165) is 55.8 Å². The Labute approximate surface area is 121 Å². The molecule has 0 saturated carbocycles. The highest BCUT2D eigenvalue weighted by molar-refractivity contribution is 5.90. The largest absolute Gasteiger partial charge is 0.490 e. The Bertz CT molecular complexity index is 534. The highest BCUT2D eigenvalue weighted by Gasteiger charge is 2.10. The first kappa shape index (κ1) is 14.7. The molecule has 0 spiro atoms. The van der Waals surface area contributed by atoms with Gasteiger partial charge in [-0.2, -0.15) is 0 Å². The summed E-state index contributed by atoms with van der Waals surface area (Å²) in [6.07, 6.45) is 4.41. The Morgan fingerprint density at radius 2 is 1.50 bits per heavy atom. The summed E-state index contributed by atoms with van der Waals surface area (Å²) in [5.41, 5.74) is 0. The zero-order valence-corrected chi connectivity index (χ0v) is 12.5. The predicted molar refractivity (Wildman–Crippen MR) is 84.8 cm³/mol. The first-order chi connectivity index (χ1) is 9.86. The maximum atomic E-state index is 6.00. The van der Waals surface area contributed by atoms with Crippen molar-refractivity contribution in [2.45, 2.75) is 39.5 Å². The molecule has 0 fully saturated rings. The lowest BCUT2D eigenvalue weighted by Crippen LogP contribution is -2.02. The fourth-order valence-electron chi connectivity index (χ4n) is 2.13. The summed E-state index contributed by atoms with van der Waals surface area (Å²) < 4.78 is 11.9. The number of fused-ring (bicyclic) bond motifs is 1. The third-order valence-electron chi connectivity index (χ3n) is 3.34. The van der Waals surface area contributed by atoms with E-state index in [2.05, 4.69) is 38.1 Å². The second kappa shape index (κ2) is 7.78. The average molecular weight is 272 g/mol. The normalized spacial score (nSPS) is 10.7. The van der Waals surface area contributed by atoms with Crippen molar-refractivity contribution in [3.63, 3.8) is 0 Å². The van der Waals surface area contributed by atoms with Gasteiger partial charge in [0.15, 0.2) is 11.5 Å². The van der Waals surface area contributed by atoms with Gasteiger partial charge in [0.25, 0.3) is 0 Å². The molecule has 0 bridgehead atoms. The molecule has 0 unspecified atom stereocenters. The summed E-state index contributed by atoms with van der Waals surface area (Å²) in [6.45, 7) is 5.83. The van der Waals surface area contributed by atoms with Gasteiger partial charge in [-0.1, -0.05) is 57.0 Å². The monoisotopic (exact) mass is 272 g/mol. The van der Waals surface area contributed by atoms with Gasteiger partial charge in [-0.25, -0.2) is 0 Å². The molecule has 0 heterocycles. The Balaban J connectivity index is 2.26. The Morgan fingerprint density at radius 1 is 0.800 bits per heavy atom. The number of rotatable bonds is 8. The summed E-state index contributed by atoms with van der Waals surface area (Å²) in [6, 6.07) is 12.4. The fourth-order valence-corrected chi connectivity index (χ4v) is 2.13. The molecular weight excluding hydrogens is 248 g/mol. The summed E-state index contributed by atoms with van der Waals surface area (Å²) >= 11 is 0. The van der Waals surface area contributed by atoms with Crippen molar-refractivity contribution in [3.8, 4) is 11.5 Å². The first-order valence-corrected chi connectivity index (χ1v) is 7.64. The van der Waals surface area contributed by atoms with Gasteiger partial charge in [0.1, 0.15) is 0 Å². The van der Waals surface area contributed by atoms with Crippen LogP contribution in [0.25, 0.3) is 10.8 Å². The second-order valence-electron chi connectivity index (χ2n) is 5.02. The zero-order chi connectivity index (χ0) is 14.2. The number of hydrogen-bond acceptors (Lipinski definition) is 2. The van der Waals surface area contributed by atoms with Gasteiger partial charge in [0.2, 0.25) is 0 Å². The third-order valence-corrected chi connectivity index (χ3v) is 3.34. The second-order valence-corrected chi connectivity index (χ2v) is 5.02. The van der Waals surface area contributed by atoms with E-state index in [-0.39, 0.29) is 0 Å². The van der Waals surface area contributed by atoms with Crippen LogP contribution in [-0.4, -0.2) is 13.2 Å². The van der Waals surface area contributed by atoms with Crippen LogP contribution in [0.3, 0.4) is 0 Å². The highest BCUT2D eigenvalue weighted by Crippen LogP contribution is 2.36. The van der Waals surface area contributed by atoms with E-state index in [1.807, 2.05) is 12.1 Å². The van der Waals surface area contributed by atoms with Crippen molar-refractivity contribution in [2.75, 3.05) is 13.2 Å². The molecule has 0 radical (unpaired) electrons. The molecule has 0 saturated heterocycles. The fraction of sp³-hybridized carbons (Fsp3) is 0.444.